The predicted molar refractivity (Wildman–Crippen MR) is 51.4 cm³/mol. The molecule has 0 radical (unpaired) electrons. The van der Waals surface area contributed by atoms with Gasteiger partial charge in [0, 0.05) is 5.92 Å². The van der Waals surface area contributed by atoms with Crippen LogP contribution in [0, 0.1) is 0 Å². The van der Waals surface area contributed by atoms with Crippen molar-refractivity contribution in [3.05, 3.63) is 17.5 Å². The first-order valence-electron chi connectivity index (χ1n) is 5.06. The molecule has 0 atom stereocenters. The van der Waals surface area contributed by atoms with Crippen LogP contribution in [-0.2, 0) is 0 Å². The lowest BCUT2D eigenvalue weighted by atomic mass is 9.87. The molecule has 0 aliphatic heterocycles. The van der Waals surface area contributed by atoms with Crippen LogP contribution in [0.25, 0.3) is 0 Å². The third-order valence-electron chi connectivity index (χ3n) is 2.85. The molecule has 0 unspecified atom stereocenters. The number of H-pyrrole nitrogens is 1. The molecule has 4 heteroatoms. The smallest absolute Gasteiger partial charge is 0.353 e. The fourth-order valence-corrected chi connectivity index (χ4v) is 2.05. The summed E-state index contributed by atoms with van der Waals surface area (Å²) in [7, 11) is 0. The number of rotatable bonds is 2. The summed E-state index contributed by atoms with van der Waals surface area (Å²) in [6, 6.07) is 1.66. The van der Waals surface area contributed by atoms with Crippen molar-refractivity contribution in [3.8, 4) is 0 Å². The molecule has 14 heavy (non-hydrogen) atoms. The second-order valence-electron chi connectivity index (χ2n) is 3.85. The molecule has 2 N–H and O–H groups in total. The van der Waals surface area contributed by atoms with Gasteiger partial charge in [-0.2, -0.15) is 5.10 Å². The molecule has 0 bridgehead atoms. The van der Waals surface area contributed by atoms with Crippen LogP contribution in [0.5, 0.6) is 0 Å². The third kappa shape index (κ3) is 1.78. The van der Waals surface area contributed by atoms with E-state index < -0.39 is 5.97 Å². The Morgan fingerprint density at radius 1 is 1.43 bits per heavy atom. The lowest BCUT2D eigenvalue weighted by Crippen LogP contribution is -2.04. The minimum absolute atomic E-state index is 0.200. The number of hydrogen-bond donors (Lipinski definition) is 2. The zero-order valence-electron chi connectivity index (χ0n) is 7.99. The molecule has 0 saturated heterocycles. The Bertz CT molecular complexity index is 327. The largest absolute Gasteiger partial charge is 0.477 e. The summed E-state index contributed by atoms with van der Waals surface area (Å²) in [4.78, 5) is 10.6. The summed E-state index contributed by atoms with van der Waals surface area (Å²) in [5.41, 5.74) is 1.12. The van der Waals surface area contributed by atoms with E-state index in [2.05, 4.69) is 10.2 Å². The Morgan fingerprint density at radius 2 is 2.14 bits per heavy atom. The van der Waals surface area contributed by atoms with Gasteiger partial charge in [-0.15, -0.1) is 0 Å². The minimum atomic E-state index is -0.931. The van der Waals surface area contributed by atoms with Gasteiger partial charge in [-0.1, -0.05) is 19.3 Å². The van der Waals surface area contributed by atoms with E-state index in [-0.39, 0.29) is 5.69 Å². The van der Waals surface area contributed by atoms with Crippen molar-refractivity contribution in [3.63, 3.8) is 0 Å². The summed E-state index contributed by atoms with van der Waals surface area (Å²) in [5, 5.41) is 15.3. The van der Waals surface area contributed by atoms with Crippen molar-refractivity contribution in [1.29, 1.82) is 0 Å². The fraction of sp³-hybridized carbons (Fsp3) is 0.600. The van der Waals surface area contributed by atoms with Crippen molar-refractivity contribution in [2.45, 2.75) is 38.0 Å². The summed E-state index contributed by atoms with van der Waals surface area (Å²) >= 11 is 0. The molecule has 0 spiro atoms. The van der Waals surface area contributed by atoms with Crippen molar-refractivity contribution in [1.82, 2.24) is 10.2 Å². The first kappa shape index (κ1) is 9.24. The number of carboxylic acids is 1. The second-order valence-corrected chi connectivity index (χ2v) is 3.85. The van der Waals surface area contributed by atoms with E-state index in [1.807, 2.05) is 0 Å². The molecule has 1 fully saturated rings. The summed E-state index contributed by atoms with van der Waals surface area (Å²) in [6.45, 7) is 0. The van der Waals surface area contributed by atoms with Crippen molar-refractivity contribution >= 4 is 5.97 Å². The van der Waals surface area contributed by atoms with Crippen molar-refractivity contribution < 1.29 is 9.90 Å². The highest BCUT2D eigenvalue weighted by molar-refractivity contribution is 5.85. The van der Waals surface area contributed by atoms with Crippen LogP contribution in [-0.4, -0.2) is 21.3 Å². The molecule has 1 aromatic rings. The highest BCUT2D eigenvalue weighted by Gasteiger charge is 2.19. The van der Waals surface area contributed by atoms with E-state index in [1.165, 1.54) is 19.3 Å². The van der Waals surface area contributed by atoms with Gasteiger partial charge in [0.1, 0.15) is 5.69 Å². The van der Waals surface area contributed by atoms with Gasteiger partial charge in [-0.25, -0.2) is 4.79 Å². The van der Waals surface area contributed by atoms with Gasteiger partial charge in [0.2, 0.25) is 0 Å². The van der Waals surface area contributed by atoms with E-state index in [0.717, 1.165) is 18.5 Å². The Labute approximate surface area is 82.3 Å². The van der Waals surface area contributed by atoms with Crippen LogP contribution in [0.3, 0.4) is 0 Å². The fourth-order valence-electron chi connectivity index (χ4n) is 2.05. The molecule has 0 aromatic carbocycles. The van der Waals surface area contributed by atoms with Gasteiger partial charge < -0.3 is 5.11 Å². The van der Waals surface area contributed by atoms with Crippen molar-refractivity contribution in [2.24, 2.45) is 0 Å². The summed E-state index contributed by atoms with van der Waals surface area (Å²) in [5.74, 6) is -0.465. The SMILES string of the molecule is O=C(O)c1cc(C2CCCCC2)n[nH]1. The van der Waals surface area contributed by atoms with Crippen LogP contribution >= 0.6 is 0 Å². The molecule has 4 nitrogen and oxygen atoms in total. The summed E-state index contributed by atoms with van der Waals surface area (Å²) in [6.07, 6.45) is 6.06. The molecule has 76 valence electrons. The maximum Gasteiger partial charge on any atom is 0.353 e. The molecule has 0 amide bonds. The molecule has 1 aliphatic rings. The lowest BCUT2D eigenvalue weighted by Gasteiger charge is -2.18. The summed E-state index contributed by atoms with van der Waals surface area (Å²) < 4.78 is 0. The Morgan fingerprint density at radius 3 is 2.71 bits per heavy atom. The van der Waals surface area contributed by atoms with E-state index >= 15 is 0 Å². The first-order chi connectivity index (χ1) is 6.77. The molecular weight excluding hydrogens is 180 g/mol. The zero-order chi connectivity index (χ0) is 9.97. The van der Waals surface area contributed by atoms with E-state index in [9.17, 15) is 4.79 Å². The van der Waals surface area contributed by atoms with Gasteiger partial charge in [-0.05, 0) is 18.9 Å². The monoisotopic (exact) mass is 194 g/mol. The lowest BCUT2D eigenvalue weighted by molar-refractivity contribution is 0.0690. The van der Waals surface area contributed by atoms with Gasteiger partial charge in [0.15, 0.2) is 0 Å². The minimum Gasteiger partial charge on any atom is -0.477 e. The molecule has 1 aromatic heterocycles. The Kier molecular flexibility index (Phi) is 2.52. The number of carbonyl (C=O) groups is 1. The van der Waals surface area contributed by atoms with Crippen LogP contribution in [0.4, 0.5) is 0 Å². The number of nitrogens with one attached hydrogen (secondary N) is 1. The van der Waals surface area contributed by atoms with Gasteiger partial charge in [0.25, 0.3) is 0 Å². The van der Waals surface area contributed by atoms with Crippen LogP contribution in [0.2, 0.25) is 0 Å². The average Bonchev–Trinajstić information content (AvgIpc) is 2.68. The zero-order valence-corrected chi connectivity index (χ0v) is 7.99. The Hall–Kier alpha value is -1.32. The maximum atomic E-state index is 10.6. The highest BCUT2D eigenvalue weighted by Crippen LogP contribution is 2.31. The number of aromatic amines is 1. The van der Waals surface area contributed by atoms with Crippen LogP contribution < -0.4 is 0 Å². The predicted octanol–water partition coefficient (Wildman–Crippen LogP) is 2.16. The normalized spacial score (nSPS) is 18.3. The standard InChI is InChI=1S/C10H14N2O2/c13-10(14)9-6-8(11-12-9)7-4-2-1-3-5-7/h6-7H,1-5H2,(H,11,12)(H,13,14). The quantitative estimate of drug-likeness (QED) is 0.758. The van der Waals surface area contributed by atoms with Gasteiger partial charge >= 0.3 is 5.97 Å². The average molecular weight is 194 g/mol. The number of hydrogen-bond acceptors (Lipinski definition) is 2. The number of aromatic carboxylic acids is 1. The molecule has 2 rings (SSSR count). The third-order valence-corrected chi connectivity index (χ3v) is 2.85. The maximum absolute atomic E-state index is 10.6. The second kappa shape index (κ2) is 3.82. The number of carboxylic acid groups (broad SMARTS) is 1. The van der Waals surface area contributed by atoms with Crippen molar-refractivity contribution in [2.75, 3.05) is 0 Å². The van der Waals surface area contributed by atoms with Crippen LogP contribution in [0.15, 0.2) is 6.07 Å². The van der Waals surface area contributed by atoms with Gasteiger partial charge in [0.05, 0.1) is 5.69 Å². The highest BCUT2D eigenvalue weighted by atomic mass is 16.4. The number of nitrogens with zero attached hydrogens (tertiary/aromatic N) is 1. The van der Waals surface area contributed by atoms with E-state index in [0.29, 0.717) is 5.92 Å². The van der Waals surface area contributed by atoms with E-state index in [4.69, 9.17) is 5.11 Å². The van der Waals surface area contributed by atoms with Crippen LogP contribution in [0.1, 0.15) is 54.2 Å². The number of aromatic nitrogens is 2. The molecular formula is C10H14N2O2. The van der Waals surface area contributed by atoms with E-state index in [1.54, 1.807) is 6.07 Å². The molecule has 1 saturated carbocycles. The molecule has 1 heterocycles. The van der Waals surface area contributed by atoms with Gasteiger partial charge in [-0.3, -0.25) is 5.10 Å². The first-order valence-corrected chi connectivity index (χ1v) is 5.06. The topological polar surface area (TPSA) is 66.0 Å². The molecule has 1 aliphatic carbocycles. The Balaban J connectivity index is 2.11.